The van der Waals surface area contributed by atoms with E-state index in [0.29, 0.717) is 45.8 Å². The summed E-state index contributed by atoms with van der Waals surface area (Å²) in [4.78, 5) is 25.6. The van der Waals surface area contributed by atoms with Crippen molar-refractivity contribution in [3.05, 3.63) is 76.4 Å². The molecule has 7 nitrogen and oxygen atoms in total. The number of ether oxygens (including phenoxy) is 2. The summed E-state index contributed by atoms with van der Waals surface area (Å²) in [7, 11) is 6.74. The third-order valence-corrected chi connectivity index (χ3v) is 8.04. The van der Waals surface area contributed by atoms with Crippen LogP contribution in [0, 0.1) is 24.5 Å². The van der Waals surface area contributed by atoms with Crippen LogP contribution < -0.4 is 15.4 Å². The first-order chi connectivity index (χ1) is 20.2. The molecule has 0 unspecified atom stereocenters. The Hall–Kier alpha value is -4.08. The second-order valence-corrected chi connectivity index (χ2v) is 11.1. The SMILES string of the molecule is CNC.COCc1cc2oc(-c3ccc(F)cc3)c(C=O)c2c(F)c1-c1cc(C(=O)NC23CC(C2)C3)c(OC)cc1C. The van der Waals surface area contributed by atoms with E-state index in [9.17, 15) is 14.0 Å². The first-order valence-corrected chi connectivity index (χ1v) is 13.8. The quantitative estimate of drug-likeness (QED) is 0.235. The minimum Gasteiger partial charge on any atom is -0.496 e. The van der Waals surface area contributed by atoms with Crippen molar-refractivity contribution in [2.45, 2.75) is 38.3 Å². The smallest absolute Gasteiger partial charge is 0.255 e. The molecule has 0 spiro atoms. The number of halogens is 2. The molecular weight excluding hydrogens is 542 g/mol. The van der Waals surface area contributed by atoms with Crippen LogP contribution in [-0.4, -0.2) is 46.0 Å². The van der Waals surface area contributed by atoms with Crippen molar-refractivity contribution in [3.8, 4) is 28.2 Å². The van der Waals surface area contributed by atoms with Crippen molar-refractivity contribution in [2.75, 3.05) is 28.3 Å². The molecule has 220 valence electrons. The molecule has 3 saturated carbocycles. The Morgan fingerprint density at radius 3 is 2.31 bits per heavy atom. The fourth-order valence-electron chi connectivity index (χ4n) is 6.01. The van der Waals surface area contributed by atoms with Crippen LogP contribution in [0.4, 0.5) is 8.78 Å². The van der Waals surface area contributed by atoms with E-state index in [-0.39, 0.29) is 45.9 Å². The number of hydrogen-bond acceptors (Lipinski definition) is 6. The summed E-state index contributed by atoms with van der Waals surface area (Å²) in [6.45, 7) is 1.86. The van der Waals surface area contributed by atoms with Crippen LogP contribution in [0.2, 0.25) is 0 Å². The number of furan rings is 1. The number of fused-ring (bicyclic) bond motifs is 1. The summed E-state index contributed by atoms with van der Waals surface area (Å²) in [5.41, 5.74) is 2.64. The molecule has 1 heterocycles. The molecule has 2 bridgehead atoms. The number of hydrogen-bond donors (Lipinski definition) is 2. The molecule has 0 radical (unpaired) electrons. The highest BCUT2D eigenvalue weighted by Gasteiger charge is 2.57. The highest BCUT2D eigenvalue weighted by Crippen LogP contribution is 2.57. The topological polar surface area (TPSA) is 89.8 Å². The van der Waals surface area contributed by atoms with Crippen LogP contribution in [0.3, 0.4) is 0 Å². The van der Waals surface area contributed by atoms with Gasteiger partial charge in [-0.25, -0.2) is 8.78 Å². The van der Waals surface area contributed by atoms with Crippen LogP contribution in [0.5, 0.6) is 5.75 Å². The van der Waals surface area contributed by atoms with E-state index in [2.05, 4.69) is 10.6 Å². The third-order valence-electron chi connectivity index (χ3n) is 8.04. The minimum absolute atomic E-state index is 0.00858. The van der Waals surface area contributed by atoms with Crippen LogP contribution >= 0.6 is 0 Å². The number of aldehydes is 1. The van der Waals surface area contributed by atoms with Crippen molar-refractivity contribution in [1.29, 1.82) is 0 Å². The number of rotatable bonds is 8. The molecule has 1 aromatic heterocycles. The second-order valence-electron chi connectivity index (χ2n) is 11.1. The molecule has 0 atom stereocenters. The lowest BCUT2D eigenvalue weighted by molar-refractivity contribution is -0.0439. The van der Waals surface area contributed by atoms with Gasteiger partial charge in [-0.05, 0) is 105 Å². The number of aryl methyl sites for hydroxylation is 1. The van der Waals surface area contributed by atoms with Gasteiger partial charge in [0.05, 0.1) is 30.2 Å². The fraction of sp³-hybridized carbons (Fsp3) is 0.333. The highest BCUT2D eigenvalue weighted by atomic mass is 19.1. The van der Waals surface area contributed by atoms with Gasteiger partial charge in [0, 0.05) is 23.8 Å². The third kappa shape index (κ3) is 5.07. The molecule has 3 aliphatic rings. The molecule has 4 aromatic rings. The Balaban J connectivity index is 0.00000113. The van der Waals surface area contributed by atoms with E-state index in [1.165, 1.54) is 38.5 Å². The van der Waals surface area contributed by atoms with E-state index in [4.69, 9.17) is 13.9 Å². The predicted octanol–water partition coefficient (Wildman–Crippen LogP) is 6.44. The fourth-order valence-corrected chi connectivity index (χ4v) is 6.01. The summed E-state index contributed by atoms with van der Waals surface area (Å²) in [5, 5.41) is 5.91. The number of nitrogens with one attached hydrogen (secondary N) is 2. The van der Waals surface area contributed by atoms with E-state index < -0.39 is 11.6 Å². The van der Waals surface area contributed by atoms with Gasteiger partial charge < -0.3 is 24.5 Å². The van der Waals surface area contributed by atoms with Gasteiger partial charge in [0.15, 0.2) is 6.29 Å². The van der Waals surface area contributed by atoms with Gasteiger partial charge >= 0.3 is 0 Å². The molecule has 3 aliphatic carbocycles. The lowest BCUT2D eigenvalue weighted by Gasteiger charge is -2.61. The zero-order valence-electron chi connectivity index (χ0n) is 24.3. The van der Waals surface area contributed by atoms with Crippen molar-refractivity contribution in [3.63, 3.8) is 0 Å². The number of methoxy groups -OCH3 is 2. The Morgan fingerprint density at radius 1 is 1.10 bits per heavy atom. The van der Waals surface area contributed by atoms with Crippen LogP contribution in [-0.2, 0) is 11.3 Å². The molecule has 2 N–H and O–H groups in total. The standard InChI is InChI=1S/C31H27F2NO5.C2H7N/c1-16-8-24(38-3)22(30(36)34-31-11-17(12-31)13-31)10-21(16)26-19(15-37-2)9-25-27(28(26)33)23(14-35)29(39-25)18-4-6-20(32)7-5-18;1-3-2/h4-10,14,17H,11-13,15H2,1-3H3,(H,34,36);3H,1-2H3. The summed E-state index contributed by atoms with van der Waals surface area (Å²) in [6, 6.07) is 10.4. The summed E-state index contributed by atoms with van der Waals surface area (Å²) in [6.07, 6.45) is 3.48. The molecular formula is C33H34F2N2O5. The van der Waals surface area contributed by atoms with Gasteiger partial charge in [0.2, 0.25) is 0 Å². The Morgan fingerprint density at radius 2 is 1.76 bits per heavy atom. The van der Waals surface area contributed by atoms with E-state index in [1.54, 1.807) is 25.1 Å². The highest BCUT2D eigenvalue weighted by molar-refractivity contribution is 6.05. The van der Waals surface area contributed by atoms with Crippen LogP contribution in [0.25, 0.3) is 33.4 Å². The minimum atomic E-state index is -0.669. The number of carbonyl (C=O) groups is 2. The van der Waals surface area contributed by atoms with E-state index in [0.717, 1.165) is 19.3 Å². The lowest BCUT2D eigenvalue weighted by atomic mass is 9.50. The maximum Gasteiger partial charge on any atom is 0.255 e. The normalized spacial score (nSPS) is 18.4. The van der Waals surface area contributed by atoms with Gasteiger partial charge in [-0.15, -0.1) is 0 Å². The first kappa shape index (κ1) is 29.4. The number of amides is 1. The summed E-state index contributed by atoms with van der Waals surface area (Å²) < 4.78 is 46.9. The molecule has 0 aliphatic heterocycles. The number of benzene rings is 3. The largest absolute Gasteiger partial charge is 0.496 e. The number of carbonyl (C=O) groups excluding carboxylic acids is 2. The zero-order chi connectivity index (χ0) is 30.2. The van der Waals surface area contributed by atoms with Crippen molar-refractivity contribution >= 4 is 23.2 Å². The average molecular weight is 577 g/mol. The first-order valence-electron chi connectivity index (χ1n) is 13.8. The van der Waals surface area contributed by atoms with Crippen molar-refractivity contribution in [1.82, 2.24) is 10.6 Å². The van der Waals surface area contributed by atoms with E-state index >= 15 is 4.39 Å². The van der Waals surface area contributed by atoms with Gasteiger partial charge in [0.25, 0.3) is 5.91 Å². The average Bonchev–Trinajstić information content (AvgIpc) is 3.30. The molecule has 42 heavy (non-hydrogen) atoms. The van der Waals surface area contributed by atoms with E-state index in [1.807, 2.05) is 14.1 Å². The zero-order valence-corrected chi connectivity index (χ0v) is 24.3. The molecule has 7 rings (SSSR count). The molecule has 3 fully saturated rings. The summed E-state index contributed by atoms with van der Waals surface area (Å²) >= 11 is 0. The van der Waals surface area contributed by atoms with Gasteiger partial charge in [-0.1, -0.05) is 0 Å². The lowest BCUT2D eigenvalue weighted by Crippen LogP contribution is -2.68. The molecule has 1 amide bonds. The Kier molecular flexibility index (Phi) is 8.17. The monoisotopic (exact) mass is 576 g/mol. The Bertz CT molecular complexity index is 1640. The second kappa shape index (κ2) is 11.7. The molecule has 0 saturated heterocycles. The summed E-state index contributed by atoms with van der Waals surface area (Å²) in [5.74, 6) is -0.147. The van der Waals surface area contributed by atoms with Crippen LogP contribution in [0.15, 0.2) is 46.9 Å². The van der Waals surface area contributed by atoms with Crippen molar-refractivity contribution < 1.29 is 32.3 Å². The van der Waals surface area contributed by atoms with Gasteiger partial charge in [-0.3, -0.25) is 9.59 Å². The van der Waals surface area contributed by atoms with Crippen LogP contribution in [0.1, 0.15) is 51.1 Å². The molecule has 9 heteroatoms. The maximum atomic E-state index is 16.5. The van der Waals surface area contributed by atoms with Crippen molar-refractivity contribution in [2.24, 2.45) is 5.92 Å². The van der Waals surface area contributed by atoms with Gasteiger partial charge in [-0.2, -0.15) is 0 Å². The predicted molar refractivity (Wildman–Crippen MR) is 157 cm³/mol. The Labute approximate surface area is 243 Å². The maximum absolute atomic E-state index is 16.5. The molecule has 3 aromatic carbocycles. The van der Waals surface area contributed by atoms with Gasteiger partial charge in [0.1, 0.15) is 28.7 Å².